The molecule has 4 rings (SSSR count). The zero-order valence-electron chi connectivity index (χ0n) is 24.9. The van der Waals surface area contributed by atoms with Crippen LogP contribution in [0, 0.1) is 29.1 Å². The maximum atomic E-state index is 14.6. The number of carboxylic acids is 1. The summed E-state index contributed by atoms with van der Waals surface area (Å²) in [4.78, 5) is 24.2. The third-order valence-corrected chi connectivity index (χ3v) is 9.93. The number of sulfonamides is 1. The van der Waals surface area contributed by atoms with Gasteiger partial charge in [-0.3, -0.25) is 4.79 Å². The molecule has 248 valence electrons. The second-order valence-electron chi connectivity index (χ2n) is 11.2. The summed E-state index contributed by atoms with van der Waals surface area (Å²) in [5, 5.41) is 19.7. The van der Waals surface area contributed by atoms with Gasteiger partial charge in [0.05, 0.1) is 13.1 Å². The summed E-state index contributed by atoms with van der Waals surface area (Å²) in [5.41, 5.74) is 1.20. The number of carboxylic acid groups (broad SMARTS) is 1. The number of carbonyl (C=O) groups excluding carboxylic acids is 1. The lowest BCUT2D eigenvalue weighted by Gasteiger charge is -2.28. The maximum absolute atomic E-state index is 14.6. The molecular weight excluding hydrogens is 635 g/mol. The molecule has 8 nitrogen and oxygen atoms in total. The number of nitrogens with zero attached hydrogens (tertiary/aromatic N) is 2. The first kappa shape index (κ1) is 34.8. The van der Waals surface area contributed by atoms with Crippen LogP contribution >= 0.6 is 0 Å². The number of unbranched alkanes of at least 4 members (excludes halogenated alkanes) is 1. The average Bonchev–Trinajstić information content (AvgIpc) is 3.03. The number of hydrogen-bond donors (Lipinski definition) is 2. The number of phenols is 1. The summed E-state index contributed by atoms with van der Waals surface area (Å²) in [6, 6.07) is 10.6. The largest absolute Gasteiger partial charge is 0.507 e. The van der Waals surface area contributed by atoms with E-state index in [4.69, 9.17) is 0 Å². The van der Waals surface area contributed by atoms with E-state index in [-0.39, 0.29) is 18.7 Å². The van der Waals surface area contributed by atoms with Crippen LogP contribution in [0.4, 0.5) is 27.6 Å². The van der Waals surface area contributed by atoms with Crippen molar-refractivity contribution in [2.24, 2.45) is 0 Å². The second-order valence-corrected chi connectivity index (χ2v) is 13.0. The van der Waals surface area contributed by atoms with Crippen molar-refractivity contribution in [3.63, 3.8) is 0 Å². The molecule has 1 amide bonds. The van der Waals surface area contributed by atoms with E-state index in [0.717, 1.165) is 48.3 Å². The Bertz CT molecular complexity index is 1680. The molecule has 0 aromatic heterocycles. The number of aromatic hydroxyl groups is 1. The Hall–Kier alpha value is -4.04. The molecule has 46 heavy (non-hydrogen) atoms. The molecule has 2 N–H and O–H groups in total. The maximum Gasteiger partial charge on any atom is 0.339 e. The van der Waals surface area contributed by atoms with Crippen molar-refractivity contribution in [1.82, 2.24) is 4.31 Å². The van der Waals surface area contributed by atoms with Gasteiger partial charge in [-0.1, -0.05) is 56.9 Å². The molecule has 3 aromatic rings. The van der Waals surface area contributed by atoms with Crippen LogP contribution in [-0.4, -0.2) is 47.9 Å². The Balaban J connectivity index is 1.72. The summed E-state index contributed by atoms with van der Waals surface area (Å²) in [6.45, 7) is -0.123. The van der Waals surface area contributed by atoms with Gasteiger partial charge < -0.3 is 15.1 Å². The van der Waals surface area contributed by atoms with Crippen molar-refractivity contribution in [2.75, 3.05) is 18.0 Å². The highest BCUT2D eigenvalue weighted by Crippen LogP contribution is 2.34. The Kier molecular flexibility index (Phi) is 11.0. The van der Waals surface area contributed by atoms with Crippen molar-refractivity contribution < 1.29 is 50.2 Å². The zero-order chi connectivity index (χ0) is 33.8. The van der Waals surface area contributed by atoms with Gasteiger partial charge in [0.25, 0.3) is 0 Å². The van der Waals surface area contributed by atoms with Crippen molar-refractivity contribution in [1.29, 1.82) is 0 Å². The van der Waals surface area contributed by atoms with Crippen LogP contribution in [0.15, 0.2) is 47.4 Å². The van der Waals surface area contributed by atoms with Gasteiger partial charge in [0.15, 0.2) is 28.2 Å². The Morgan fingerprint density at radius 2 is 1.46 bits per heavy atom. The van der Waals surface area contributed by atoms with E-state index in [1.54, 1.807) is 19.1 Å². The summed E-state index contributed by atoms with van der Waals surface area (Å²) in [6.07, 6.45) is 5.92. The average molecular weight is 669 g/mol. The molecule has 1 saturated carbocycles. The van der Waals surface area contributed by atoms with E-state index in [1.165, 1.54) is 12.5 Å². The highest BCUT2D eigenvalue weighted by atomic mass is 32.2. The second kappa shape index (κ2) is 14.6. The van der Waals surface area contributed by atoms with Crippen LogP contribution in [0.1, 0.15) is 79.3 Å². The minimum Gasteiger partial charge on any atom is -0.507 e. The van der Waals surface area contributed by atoms with Gasteiger partial charge in [0.1, 0.15) is 11.3 Å². The van der Waals surface area contributed by atoms with Crippen molar-refractivity contribution in [2.45, 2.75) is 69.2 Å². The molecule has 0 heterocycles. The number of carbonyl (C=O) groups is 2. The lowest BCUT2D eigenvalue weighted by Crippen LogP contribution is -2.43. The van der Waals surface area contributed by atoms with Crippen LogP contribution in [0.3, 0.4) is 0 Å². The molecular formula is C32H33F5N2O6S. The third kappa shape index (κ3) is 7.33. The van der Waals surface area contributed by atoms with Gasteiger partial charge in [-0.15, -0.1) is 0 Å². The zero-order valence-corrected chi connectivity index (χ0v) is 25.7. The van der Waals surface area contributed by atoms with Gasteiger partial charge in [-0.05, 0) is 48.4 Å². The number of halogens is 5. The quantitative estimate of drug-likeness (QED) is 0.124. The highest BCUT2D eigenvalue weighted by Gasteiger charge is 2.38. The van der Waals surface area contributed by atoms with Gasteiger partial charge in [-0.2, -0.15) is 4.31 Å². The lowest BCUT2D eigenvalue weighted by atomic mass is 9.84. The van der Waals surface area contributed by atoms with Crippen LogP contribution in [0.5, 0.6) is 5.75 Å². The minimum atomic E-state index is -5.46. The molecule has 0 atom stereocenters. The third-order valence-electron chi connectivity index (χ3n) is 8.06. The van der Waals surface area contributed by atoms with E-state index in [9.17, 15) is 50.2 Å². The molecule has 0 bridgehead atoms. The predicted molar refractivity (Wildman–Crippen MR) is 158 cm³/mol. The summed E-state index contributed by atoms with van der Waals surface area (Å²) >= 11 is 0. The lowest BCUT2D eigenvalue weighted by molar-refractivity contribution is -0.119. The molecule has 1 aliphatic rings. The molecule has 0 unspecified atom stereocenters. The molecule has 0 spiro atoms. The van der Waals surface area contributed by atoms with Crippen LogP contribution in [0.25, 0.3) is 0 Å². The molecule has 0 saturated heterocycles. The van der Waals surface area contributed by atoms with Crippen LogP contribution < -0.4 is 4.90 Å². The van der Waals surface area contributed by atoms with Gasteiger partial charge >= 0.3 is 5.97 Å². The molecule has 0 aliphatic heterocycles. The van der Waals surface area contributed by atoms with E-state index in [0.29, 0.717) is 22.2 Å². The fourth-order valence-corrected chi connectivity index (χ4v) is 7.04. The fourth-order valence-electron chi connectivity index (χ4n) is 5.50. The van der Waals surface area contributed by atoms with Gasteiger partial charge in [0, 0.05) is 18.3 Å². The number of rotatable bonds is 12. The highest BCUT2D eigenvalue weighted by molar-refractivity contribution is 7.89. The SMILES string of the molecule is CCCCN(CC(=O)N(Cc1ccc(C2CCCCC2)cc1)c1ccc(C(=O)O)c(O)c1)S(=O)(=O)c1c(F)c(F)c(F)c(F)c1F. The van der Waals surface area contributed by atoms with Crippen molar-refractivity contribution >= 4 is 27.6 Å². The normalized spacial score (nSPS) is 14.1. The monoisotopic (exact) mass is 668 g/mol. The minimum absolute atomic E-state index is 0.0343. The Labute approximate surface area is 263 Å². The summed E-state index contributed by atoms with van der Waals surface area (Å²) in [7, 11) is -5.46. The number of aromatic carboxylic acids is 1. The van der Waals surface area contributed by atoms with Gasteiger partial charge in [-0.25, -0.2) is 35.2 Å². The van der Waals surface area contributed by atoms with E-state index < -0.39 is 80.3 Å². The number of benzene rings is 3. The summed E-state index contributed by atoms with van der Waals surface area (Å²) < 4.78 is 98.1. The molecule has 1 aliphatic carbocycles. The molecule has 1 fully saturated rings. The molecule has 3 aromatic carbocycles. The first-order valence-electron chi connectivity index (χ1n) is 14.7. The Morgan fingerprint density at radius 3 is 2.00 bits per heavy atom. The summed E-state index contributed by atoms with van der Waals surface area (Å²) in [5.74, 6) is -15.3. The van der Waals surface area contributed by atoms with E-state index >= 15 is 0 Å². The number of amides is 1. The Morgan fingerprint density at radius 1 is 0.870 bits per heavy atom. The molecule has 14 heteroatoms. The van der Waals surface area contributed by atoms with Crippen LogP contribution in [-0.2, 0) is 21.4 Å². The van der Waals surface area contributed by atoms with E-state index in [2.05, 4.69) is 0 Å². The smallest absolute Gasteiger partial charge is 0.339 e. The number of anilines is 1. The predicted octanol–water partition coefficient (Wildman–Crippen LogP) is 6.86. The topological polar surface area (TPSA) is 115 Å². The fraction of sp³-hybridized carbons (Fsp3) is 0.375. The van der Waals surface area contributed by atoms with Crippen molar-refractivity contribution in [3.8, 4) is 5.75 Å². The molecule has 0 radical (unpaired) electrons. The van der Waals surface area contributed by atoms with Gasteiger partial charge in [0.2, 0.25) is 21.7 Å². The standard InChI is InChI=1S/C32H33F5N2O6S/c1-2-3-15-38(46(44,45)31-29(36)27(34)26(33)28(35)30(31)37)18-25(41)39(22-13-14-23(32(42)43)24(40)16-22)17-19-9-11-21(12-10-19)20-7-5-4-6-8-20/h9-14,16,20,40H,2-8,15,17-18H2,1H3,(H,42,43). The first-order chi connectivity index (χ1) is 21.8. The van der Waals surface area contributed by atoms with Crippen molar-refractivity contribution in [3.05, 3.63) is 88.2 Å². The van der Waals surface area contributed by atoms with Crippen LogP contribution in [0.2, 0.25) is 0 Å². The number of hydrogen-bond acceptors (Lipinski definition) is 5. The first-order valence-corrected chi connectivity index (χ1v) is 16.2. The van der Waals surface area contributed by atoms with E-state index in [1.807, 2.05) is 12.1 Å².